The second-order valence-corrected chi connectivity index (χ2v) is 10.5. The van der Waals surface area contributed by atoms with E-state index in [2.05, 4.69) is 34.7 Å². The Labute approximate surface area is 208 Å². The monoisotopic (exact) mass is 500 g/mol. The topological polar surface area (TPSA) is 138 Å². The summed E-state index contributed by atoms with van der Waals surface area (Å²) in [6.07, 6.45) is 0.288. The molecule has 0 bridgehead atoms. The number of nitrogens with one attached hydrogen (secondary N) is 1. The van der Waals surface area contributed by atoms with Crippen molar-refractivity contribution in [2.45, 2.75) is 68.5 Å². The van der Waals surface area contributed by atoms with Gasteiger partial charge in [0.05, 0.1) is 19.3 Å². The molecule has 2 aliphatic rings. The maximum Gasteiger partial charge on any atom is 0.191 e. The molecule has 2 saturated carbocycles. The molecule has 5 rings (SSSR count). The van der Waals surface area contributed by atoms with Gasteiger partial charge in [0.15, 0.2) is 22.1 Å². The lowest BCUT2D eigenvalue weighted by atomic mass is 10.1. The molecule has 0 aliphatic heterocycles. The summed E-state index contributed by atoms with van der Waals surface area (Å²) >= 11 is 1.56. The Bertz CT molecular complexity index is 1210. The Balaban J connectivity index is 1.44. The standard InChI is InChI=1S/C24H32N6O4S/c1-4-7-35-24-26-22(25-16-10-15(16)13-5-6-18(34-3)12(2)8-13)19-23(27-24)30(29-28-19)17-9-14(11-31)20(32)21(17)33/h5-6,8,14-17,20-21,31-33H,4,7,9-11H2,1-3H3,(H,25,26,27)/t14-,15?,16?,17-,20-,21+/m0/s1. The minimum Gasteiger partial charge on any atom is -0.496 e. The first kappa shape index (κ1) is 24.2. The molecule has 4 N–H and O–H groups in total. The minimum absolute atomic E-state index is 0.200. The number of aliphatic hydroxyl groups is 3. The van der Waals surface area contributed by atoms with Crippen LogP contribution in [-0.2, 0) is 0 Å². The van der Waals surface area contributed by atoms with Crippen LogP contribution in [0.3, 0.4) is 0 Å². The van der Waals surface area contributed by atoms with Crippen LogP contribution >= 0.6 is 11.8 Å². The summed E-state index contributed by atoms with van der Waals surface area (Å²) in [5.74, 6) is 2.34. The Morgan fingerprint density at radius 3 is 2.71 bits per heavy atom. The van der Waals surface area contributed by atoms with E-state index in [-0.39, 0.29) is 12.6 Å². The number of fused-ring (bicyclic) bond motifs is 1. The van der Waals surface area contributed by atoms with E-state index in [1.165, 1.54) is 5.56 Å². The first-order valence-electron chi connectivity index (χ1n) is 12.1. The highest BCUT2D eigenvalue weighted by Crippen LogP contribution is 2.44. The molecular weight excluding hydrogens is 468 g/mol. The number of rotatable bonds is 9. The van der Waals surface area contributed by atoms with Gasteiger partial charge in [-0.2, -0.15) is 0 Å². The fourth-order valence-electron chi connectivity index (χ4n) is 4.95. The van der Waals surface area contributed by atoms with E-state index in [0.29, 0.717) is 34.5 Å². The van der Waals surface area contributed by atoms with Gasteiger partial charge in [0.2, 0.25) is 0 Å². The van der Waals surface area contributed by atoms with Crippen molar-refractivity contribution in [1.82, 2.24) is 25.0 Å². The molecule has 11 heteroatoms. The number of aliphatic hydroxyl groups excluding tert-OH is 3. The Morgan fingerprint density at radius 1 is 1.20 bits per heavy atom. The van der Waals surface area contributed by atoms with E-state index < -0.39 is 24.2 Å². The van der Waals surface area contributed by atoms with E-state index >= 15 is 0 Å². The van der Waals surface area contributed by atoms with E-state index in [4.69, 9.17) is 14.7 Å². The van der Waals surface area contributed by atoms with E-state index in [9.17, 15) is 15.3 Å². The van der Waals surface area contributed by atoms with Gasteiger partial charge >= 0.3 is 0 Å². The van der Waals surface area contributed by atoms with Gasteiger partial charge in [0.25, 0.3) is 0 Å². The van der Waals surface area contributed by atoms with E-state index in [1.54, 1.807) is 23.6 Å². The second kappa shape index (κ2) is 9.88. The van der Waals surface area contributed by atoms with Crippen LogP contribution in [0, 0.1) is 12.8 Å². The van der Waals surface area contributed by atoms with Gasteiger partial charge in [-0.3, -0.25) is 0 Å². The molecule has 35 heavy (non-hydrogen) atoms. The van der Waals surface area contributed by atoms with Gasteiger partial charge in [0.1, 0.15) is 11.9 Å². The summed E-state index contributed by atoms with van der Waals surface area (Å²) in [6, 6.07) is 5.98. The van der Waals surface area contributed by atoms with Crippen LogP contribution in [0.4, 0.5) is 5.82 Å². The number of methoxy groups -OCH3 is 1. The van der Waals surface area contributed by atoms with Crippen molar-refractivity contribution in [3.8, 4) is 5.75 Å². The van der Waals surface area contributed by atoms with Crippen LogP contribution in [0.25, 0.3) is 11.2 Å². The molecule has 6 atom stereocenters. The summed E-state index contributed by atoms with van der Waals surface area (Å²) in [7, 11) is 1.68. The molecule has 0 saturated heterocycles. The smallest absolute Gasteiger partial charge is 0.191 e. The van der Waals surface area contributed by atoms with Gasteiger partial charge in [-0.1, -0.05) is 36.0 Å². The van der Waals surface area contributed by atoms with E-state index in [0.717, 1.165) is 29.9 Å². The molecule has 2 heterocycles. The van der Waals surface area contributed by atoms with E-state index in [1.807, 2.05) is 13.0 Å². The van der Waals surface area contributed by atoms with Gasteiger partial charge in [-0.05, 0) is 43.4 Å². The average molecular weight is 501 g/mol. The average Bonchev–Trinajstić information content (AvgIpc) is 3.40. The van der Waals surface area contributed by atoms with Gasteiger partial charge in [-0.15, -0.1) is 5.10 Å². The van der Waals surface area contributed by atoms with Gasteiger partial charge in [-0.25, -0.2) is 14.6 Å². The third-order valence-corrected chi connectivity index (χ3v) is 8.07. The number of nitrogens with zero attached hydrogens (tertiary/aromatic N) is 5. The molecule has 3 aromatic rings. The normalized spacial score (nSPS) is 27.9. The number of aromatic nitrogens is 5. The van der Waals surface area contributed by atoms with Crippen molar-refractivity contribution in [3.05, 3.63) is 29.3 Å². The summed E-state index contributed by atoms with van der Waals surface area (Å²) in [4.78, 5) is 9.45. The molecule has 1 aromatic carbocycles. The summed E-state index contributed by atoms with van der Waals surface area (Å²) in [6.45, 7) is 3.95. The number of ether oxygens (including phenoxy) is 1. The number of anilines is 1. The highest BCUT2D eigenvalue weighted by Gasteiger charge is 2.44. The lowest BCUT2D eigenvalue weighted by molar-refractivity contribution is -0.00512. The Hall–Kier alpha value is -2.47. The minimum atomic E-state index is -1.05. The van der Waals surface area contributed by atoms with Crippen LogP contribution < -0.4 is 10.1 Å². The molecular formula is C24H32N6O4S. The molecule has 2 aliphatic carbocycles. The van der Waals surface area contributed by atoms with Crippen molar-refractivity contribution < 1.29 is 20.1 Å². The lowest BCUT2D eigenvalue weighted by Crippen LogP contribution is -2.30. The van der Waals surface area contributed by atoms with Crippen LogP contribution in [0.5, 0.6) is 5.75 Å². The van der Waals surface area contributed by atoms with Crippen LogP contribution in [-0.4, -0.2) is 78.0 Å². The highest BCUT2D eigenvalue weighted by atomic mass is 32.2. The lowest BCUT2D eigenvalue weighted by Gasteiger charge is -2.17. The number of benzene rings is 1. The largest absolute Gasteiger partial charge is 0.496 e. The van der Waals surface area contributed by atoms with Crippen LogP contribution in [0.2, 0.25) is 0 Å². The number of hydrogen-bond acceptors (Lipinski definition) is 10. The summed E-state index contributed by atoms with van der Waals surface area (Å²) in [5, 5.41) is 43.3. The third kappa shape index (κ3) is 4.57. The predicted octanol–water partition coefficient (Wildman–Crippen LogP) is 2.28. The van der Waals surface area contributed by atoms with Crippen molar-refractivity contribution in [2.75, 3.05) is 24.8 Å². The number of thioether (sulfide) groups is 1. The predicted molar refractivity (Wildman–Crippen MR) is 133 cm³/mol. The SMILES string of the molecule is CCCSc1nc(NC2CC2c2ccc(OC)c(C)c2)c2nnn([C@H]3C[C@@H](CO)[C@H](O)[C@@H]3O)c2n1. The highest BCUT2D eigenvalue weighted by molar-refractivity contribution is 7.99. The maximum absolute atomic E-state index is 10.6. The molecule has 188 valence electrons. The fraction of sp³-hybridized carbons (Fsp3) is 0.583. The number of hydrogen-bond donors (Lipinski definition) is 4. The number of aryl methyl sites for hydroxylation is 1. The molecule has 0 radical (unpaired) electrons. The second-order valence-electron chi connectivity index (χ2n) is 9.46. The van der Waals surface area contributed by atoms with Gasteiger partial charge in [0, 0.05) is 30.2 Å². The van der Waals surface area contributed by atoms with Crippen molar-refractivity contribution in [1.29, 1.82) is 0 Å². The molecule has 2 fully saturated rings. The quantitative estimate of drug-likeness (QED) is 0.256. The van der Waals surface area contributed by atoms with Crippen molar-refractivity contribution >= 4 is 28.7 Å². The zero-order chi connectivity index (χ0) is 24.7. The van der Waals surface area contributed by atoms with Crippen LogP contribution in [0.15, 0.2) is 23.4 Å². The first-order valence-corrected chi connectivity index (χ1v) is 13.1. The molecule has 2 aromatic heterocycles. The molecule has 0 amide bonds. The Morgan fingerprint density at radius 2 is 2.03 bits per heavy atom. The zero-order valence-electron chi connectivity index (χ0n) is 20.1. The van der Waals surface area contributed by atoms with Crippen molar-refractivity contribution in [2.24, 2.45) is 5.92 Å². The van der Waals surface area contributed by atoms with Crippen molar-refractivity contribution in [3.63, 3.8) is 0 Å². The fourth-order valence-corrected chi connectivity index (χ4v) is 5.64. The maximum atomic E-state index is 10.6. The summed E-state index contributed by atoms with van der Waals surface area (Å²) in [5.41, 5.74) is 3.43. The summed E-state index contributed by atoms with van der Waals surface area (Å²) < 4.78 is 6.97. The van der Waals surface area contributed by atoms with Crippen LogP contribution in [0.1, 0.15) is 49.3 Å². The Kier molecular flexibility index (Phi) is 6.84. The molecule has 0 spiro atoms. The third-order valence-electron chi connectivity index (χ3n) is 7.02. The molecule has 10 nitrogen and oxygen atoms in total. The first-order chi connectivity index (χ1) is 16.9. The van der Waals surface area contributed by atoms with Gasteiger partial charge < -0.3 is 25.4 Å². The zero-order valence-corrected chi connectivity index (χ0v) is 20.9. The molecule has 2 unspecified atom stereocenters.